The van der Waals surface area contributed by atoms with Crippen molar-refractivity contribution in [2.75, 3.05) is 21.2 Å². The number of nitrogens with zero attached hydrogens (tertiary/aromatic N) is 2. The lowest BCUT2D eigenvalue weighted by Crippen LogP contribution is -2.21. The first-order chi connectivity index (χ1) is 13.7. The lowest BCUT2D eigenvalue weighted by atomic mass is 9.95. The van der Waals surface area contributed by atoms with Crippen molar-refractivity contribution in [1.82, 2.24) is 15.1 Å². The molecule has 2 aromatic heterocycles. The van der Waals surface area contributed by atoms with Crippen molar-refractivity contribution in [3.8, 4) is 28.3 Å². The number of hydrogen-bond acceptors (Lipinski definition) is 4. The van der Waals surface area contributed by atoms with E-state index in [1.807, 2.05) is 30.5 Å². The molecule has 0 amide bonds. The first-order valence-corrected chi connectivity index (χ1v) is 9.15. The molecule has 2 heterocycles. The van der Waals surface area contributed by atoms with Crippen LogP contribution in [0.3, 0.4) is 0 Å². The van der Waals surface area contributed by atoms with Gasteiger partial charge in [0.2, 0.25) is 0 Å². The monoisotopic (exact) mass is 373 g/mol. The molecule has 2 aromatic carbocycles. The summed E-state index contributed by atoms with van der Waals surface area (Å²) in [5.41, 5.74) is 5.51. The third kappa shape index (κ3) is 3.44. The van der Waals surface area contributed by atoms with Gasteiger partial charge in [0.25, 0.3) is 0 Å². The van der Waals surface area contributed by atoms with Crippen LogP contribution in [-0.4, -0.2) is 36.3 Å². The minimum absolute atomic E-state index is 0.0590. The fraction of sp³-hybridized carbons (Fsp3) is 0.174. The standard InChI is InChI=1S/C23H23N3O2/c1-26(2)23(20-15-24-25-22(20)21-5-4-14-28-21)18-8-6-16(7-9-18)17-10-12-19(27-3)13-11-17/h4-15,23H,1-3H3,(H,24,25). The van der Waals surface area contributed by atoms with Crippen LogP contribution >= 0.6 is 0 Å². The van der Waals surface area contributed by atoms with Crippen LogP contribution < -0.4 is 4.74 Å². The lowest BCUT2D eigenvalue weighted by Gasteiger charge is -2.25. The van der Waals surface area contributed by atoms with E-state index < -0.39 is 0 Å². The van der Waals surface area contributed by atoms with Crippen LogP contribution in [0.5, 0.6) is 5.75 Å². The quantitative estimate of drug-likeness (QED) is 0.517. The number of furan rings is 1. The largest absolute Gasteiger partial charge is 0.497 e. The van der Waals surface area contributed by atoms with Crippen LogP contribution in [0.1, 0.15) is 17.2 Å². The third-order valence-corrected chi connectivity index (χ3v) is 4.90. The summed E-state index contributed by atoms with van der Waals surface area (Å²) >= 11 is 0. The number of hydrogen-bond donors (Lipinski definition) is 1. The normalized spacial score (nSPS) is 12.3. The van der Waals surface area contributed by atoms with Gasteiger partial charge in [0.05, 0.1) is 25.6 Å². The second-order valence-corrected chi connectivity index (χ2v) is 6.89. The van der Waals surface area contributed by atoms with E-state index in [0.717, 1.165) is 28.3 Å². The Balaban J connectivity index is 1.67. The minimum Gasteiger partial charge on any atom is -0.497 e. The summed E-state index contributed by atoms with van der Waals surface area (Å²) in [6, 6.07) is 20.6. The van der Waals surface area contributed by atoms with Gasteiger partial charge in [-0.15, -0.1) is 0 Å². The predicted molar refractivity (Wildman–Crippen MR) is 110 cm³/mol. The molecule has 0 bridgehead atoms. The van der Waals surface area contributed by atoms with E-state index in [1.54, 1.807) is 13.4 Å². The van der Waals surface area contributed by atoms with Crippen molar-refractivity contribution >= 4 is 0 Å². The average molecular weight is 373 g/mol. The van der Waals surface area contributed by atoms with Gasteiger partial charge in [-0.05, 0) is 55.1 Å². The predicted octanol–water partition coefficient (Wildman–Crippen LogP) is 5.00. The fourth-order valence-electron chi connectivity index (χ4n) is 3.52. The Bertz CT molecular complexity index is 1020. The van der Waals surface area contributed by atoms with Crippen LogP contribution in [0.25, 0.3) is 22.6 Å². The maximum Gasteiger partial charge on any atom is 0.151 e. The van der Waals surface area contributed by atoms with Gasteiger partial charge in [0.1, 0.15) is 11.4 Å². The van der Waals surface area contributed by atoms with Crippen molar-refractivity contribution in [2.45, 2.75) is 6.04 Å². The Kier molecular flexibility index (Phi) is 5.00. The molecule has 0 radical (unpaired) electrons. The summed E-state index contributed by atoms with van der Waals surface area (Å²) in [5.74, 6) is 1.65. The summed E-state index contributed by atoms with van der Waals surface area (Å²) in [5, 5.41) is 7.34. The Labute approximate surface area is 164 Å². The number of methoxy groups -OCH3 is 1. The summed E-state index contributed by atoms with van der Waals surface area (Å²) in [4.78, 5) is 2.18. The zero-order chi connectivity index (χ0) is 19.5. The first kappa shape index (κ1) is 18.1. The maximum atomic E-state index is 5.58. The van der Waals surface area contributed by atoms with Gasteiger partial charge in [0.15, 0.2) is 5.76 Å². The van der Waals surface area contributed by atoms with Crippen LogP contribution in [0.2, 0.25) is 0 Å². The number of H-pyrrole nitrogens is 1. The average Bonchev–Trinajstić information content (AvgIpc) is 3.40. The van der Waals surface area contributed by atoms with Crippen molar-refractivity contribution < 1.29 is 9.15 Å². The molecule has 28 heavy (non-hydrogen) atoms. The van der Waals surface area contributed by atoms with Crippen LogP contribution in [0, 0.1) is 0 Å². The van der Waals surface area contributed by atoms with E-state index in [9.17, 15) is 0 Å². The lowest BCUT2D eigenvalue weighted by molar-refractivity contribution is 0.342. The van der Waals surface area contributed by atoms with Gasteiger partial charge in [-0.1, -0.05) is 36.4 Å². The molecule has 0 aliphatic rings. The second kappa shape index (κ2) is 7.74. The summed E-state index contributed by atoms with van der Waals surface area (Å²) in [7, 11) is 5.82. The van der Waals surface area contributed by atoms with Gasteiger partial charge in [0, 0.05) is 5.56 Å². The van der Waals surface area contributed by atoms with E-state index in [2.05, 4.69) is 65.6 Å². The highest BCUT2D eigenvalue weighted by atomic mass is 16.5. The molecular weight excluding hydrogens is 350 g/mol. The molecule has 0 saturated heterocycles. The molecule has 142 valence electrons. The molecule has 5 heteroatoms. The van der Waals surface area contributed by atoms with Crippen LogP contribution in [-0.2, 0) is 0 Å². The molecule has 5 nitrogen and oxygen atoms in total. The second-order valence-electron chi connectivity index (χ2n) is 6.89. The maximum absolute atomic E-state index is 5.58. The van der Waals surface area contributed by atoms with Crippen LogP contribution in [0.15, 0.2) is 77.5 Å². The molecule has 0 spiro atoms. The number of ether oxygens (including phenoxy) is 1. The van der Waals surface area contributed by atoms with E-state index in [0.29, 0.717) is 0 Å². The molecule has 1 N–H and O–H groups in total. The molecule has 0 fully saturated rings. The Morgan fingerprint density at radius 2 is 1.64 bits per heavy atom. The summed E-state index contributed by atoms with van der Waals surface area (Å²) < 4.78 is 10.8. The molecule has 0 aliphatic heterocycles. The van der Waals surface area contributed by atoms with Gasteiger partial charge in [-0.25, -0.2) is 0 Å². The molecular formula is C23H23N3O2. The fourth-order valence-corrected chi connectivity index (χ4v) is 3.52. The highest BCUT2D eigenvalue weighted by Gasteiger charge is 2.23. The number of benzene rings is 2. The Morgan fingerprint density at radius 3 is 2.21 bits per heavy atom. The number of aromatic nitrogens is 2. The molecule has 4 rings (SSSR count). The van der Waals surface area contributed by atoms with E-state index >= 15 is 0 Å². The van der Waals surface area contributed by atoms with Gasteiger partial charge in [-0.2, -0.15) is 5.10 Å². The van der Waals surface area contributed by atoms with Gasteiger partial charge >= 0.3 is 0 Å². The zero-order valence-corrected chi connectivity index (χ0v) is 16.2. The van der Waals surface area contributed by atoms with Gasteiger partial charge < -0.3 is 9.15 Å². The number of rotatable bonds is 6. The highest BCUT2D eigenvalue weighted by molar-refractivity contribution is 5.65. The highest BCUT2D eigenvalue weighted by Crippen LogP contribution is 2.34. The first-order valence-electron chi connectivity index (χ1n) is 9.15. The van der Waals surface area contributed by atoms with Crippen molar-refractivity contribution in [2.24, 2.45) is 0 Å². The Morgan fingerprint density at radius 1 is 0.964 bits per heavy atom. The topological polar surface area (TPSA) is 54.3 Å². The smallest absolute Gasteiger partial charge is 0.151 e. The summed E-state index contributed by atoms with van der Waals surface area (Å²) in [6.45, 7) is 0. The Hall–Kier alpha value is -3.31. The van der Waals surface area contributed by atoms with Crippen molar-refractivity contribution in [3.63, 3.8) is 0 Å². The zero-order valence-electron chi connectivity index (χ0n) is 16.2. The minimum atomic E-state index is 0.0590. The van der Waals surface area contributed by atoms with Crippen molar-refractivity contribution in [1.29, 1.82) is 0 Å². The SMILES string of the molecule is COc1ccc(-c2ccc(C(c3cn[nH]c3-c3ccco3)N(C)C)cc2)cc1. The van der Waals surface area contributed by atoms with E-state index in [4.69, 9.17) is 9.15 Å². The molecule has 1 atom stereocenters. The molecule has 1 unspecified atom stereocenters. The number of nitrogens with one attached hydrogen (secondary N) is 1. The molecule has 0 saturated carbocycles. The molecule has 4 aromatic rings. The summed E-state index contributed by atoms with van der Waals surface area (Å²) in [6.07, 6.45) is 3.55. The van der Waals surface area contributed by atoms with E-state index in [1.165, 1.54) is 11.1 Å². The third-order valence-electron chi connectivity index (χ3n) is 4.90. The van der Waals surface area contributed by atoms with Crippen molar-refractivity contribution in [3.05, 3.63) is 84.3 Å². The van der Waals surface area contributed by atoms with Crippen LogP contribution in [0.4, 0.5) is 0 Å². The van der Waals surface area contributed by atoms with E-state index in [-0.39, 0.29) is 6.04 Å². The number of aromatic amines is 1. The molecule has 0 aliphatic carbocycles. The van der Waals surface area contributed by atoms with Gasteiger partial charge in [-0.3, -0.25) is 10.00 Å².